The first kappa shape index (κ1) is 15.5. The maximum Gasteiger partial charge on any atom is 0.271 e. The molecule has 0 N–H and O–H groups in total. The van der Waals surface area contributed by atoms with E-state index in [1.807, 2.05) is 0 Å². The number of non-ortho nitro benzene ring substituents is 1. The normalized spacial score (nSPS) is 15.6. The van der Waals surface area contributed by atoms with Crippen molar-refractivity contribution in [2.75, 3.05) is 11.4 Å². The Morgan fingerprint density at radius 2 is 1.90 bits per heavy atom. The van der Waals surface area contributed by atoms with Gasteiger partial charge in [-0.15, -0.1) is 0 Å². The molecule has 114 valence electrons. The van der Waals surface area contributed by atoms with Gasteiger partial charge < -0.3 is 0 Å². The highest BCUT2D eigenvalue weighted by molar-refractivity contribution is 7.95. The lowest BCUT2D eigenvalue weighted by atomic mass is 9.96. The summed E-state index contributed by atoms with van der Waals surface area (Å²) < 4.78 is 25.8. The summed E-state index contributed by atoms with van der Waals surface area (Å²) in [5.74, 6) is 0. The minimum absolute atomic E-state index is 0.125. The molecule has 2 rings (SSSR count). The van der Waals surface area contributed by atoms with Crippen molar-refractivity contribution in [1.82, 2.24) is 0 Å². The van der Waals surface area contributed by atoms with E-state index in [2.05, 4.69) is 0 Å². The summed E-state index contributed by atoms with van der Waals surface area (Å²) in [6.45, 7) is 0. The molecular formula is C14H18N2O4S. The smallest absolute Gasteiger partial charge is 0.270 e. The van der Waals surface area contributed by atoms with E-state index in [1.165, 1.54) is 30.7 Å². The Morgan fingerprint density at radius 1 is 1.24 bits per heavy atom. The van der Waals surface area contributed by atoms with Crippen LogP contribution in [-0.4, -0.2) is 20.4 Å². The van der Waals surface area contributed by atoms with Crippen LogP contribution in [0.3, 0.4) is 0 Å². The van der Waals surface area contributed by atoms with Gasteiger partial charge in [0, 0.05) is 19.2 Å². The van der Waals surface area contributed by atoms with Gasteiger partial charge in [0.15, 0.2) is 0 Å². The molecule has 0 aliphatic heterocycles. The Kier molecular flexibility index (Phi) is 4.62. The Morgan fingerprint density at radius 3 is 2.52 bits per heavy atom. The van der Waals surface area contributed by atoms with Crippen LogP contribution in [0, 0.1) is 10.1 Å². The largest absolute Gasteiger partial charge is 0.271 e. The molecule has 1 aliphatic rings. The van der Waals surface area contributed by atoms with Gasteiger partial charge in [-0.25, -0.2) is 8.42 Å². The highest BCUT2D eigenvalue weighted by Gasteiger charge is 2.19. The Bertz CT molecular complexity index is 659. The highest BCUT2D eigenvalue weighted by atomic mass is 32.2. The molecule has 0 heterocycles. The summed E-state index contributed by atoms with van der Waals surface area (Å²) in [7, 11) is -2.20. The summed E-state index contributed by atoms with van der Waals surface area (Å²) in [6.07, 6.45) is 4.78. The van der Waals surface area contributed by atoms with Crippen LogP contribution in [0.25, 0.3) is 0 Å². The molecule has 7 heteroatoms. The number of anilines is 1. The minimum atomic E-state index is -3.61. The molecule has 6 nitrogen and oxygen atoms in total. The van der Waals surface area contributed by atoms with Crippen molar-refractivity contribution in [1.29, 1.82) is 0 Å². The first-order valence-corrected chi connectivity index (χ1v) is 8.33. The molecular weight excluding hydrogens is 292 g/mol. The molecule has 0 bridgehead atoms. The van der Waals surface area contributed by atoms with Crippen molar-refractivity contribution < 1.29 is 13.3 Å². The molecule has 0 spiro atoms. The second-order valence-corrected chi connectivity index (χ2v) is 6.94. The fraction of sp³-hybridized carbons (Fsp3) is 0.429. The van der Waals surface area contributed by atoms with Crippen LogP contribution in [0.15, 0.2) is 35.2 Å². The van der Waals surface area contributed by atoms with Crippen LogP contribution in [0.4, 0.5) is 11.4 Å². The van der Waals surface area contributed by atoms with Crippen molar-refractivity contribution >= 4 is 21.4 Å². The van der Waals surface area contributed by atoms with Crippen molar-refractivity contribution in [2.24, 2.45) is 0 Å². The van der Waals surface area contributed by atoms with Crippen LogP contribution in [0.2, 0.25) is 0 Å². The molecule has 1 aliphatic carbocycles. The fourth-order valence-corrected chi connectivity index (χ4v) is 3.59. The van der Waals surface area contributed by atoms with Gasteiger partial charge >= 0.3 is 0 Å². The van der Waals surface area contributed by atoms with E-state index in [4.69, 9.17) is 0 Å². The van der Waals surface area contributed by atoms with E-state index in [1.54, 1.807) is 6.07 Å². The number of nitrogens with zero attached hydrogens (tertiary/aromatic N) is 2. The number of nitro benzene ring substituents is 1. The summed E-state index contributed by atoms with van der Waals surface area (Å²) >= 11 is 0. The number of sulfonamides is 1. The van der Waals surface area contributed by atoms with Crippen LogP contribution < -0.4 is 4.31 Å². The SMILES string of the molecule is CN(c1cccc([N+](=O)[O-])c1)S(=O)(=O)C=C1CCCCC1. The Labute approximate surface area is 124 Å². The lowest BCUT2D eigenvalue weighted by molar-refractivity contribution is -0.384. The number of hydrogen-bond donors (Lipinski definition) is 0. The maximum atomic E-state index is 12.4. The average Bonchev–Trinajstić information content (AvgIpc) is 2.47. The third-order valence-electron chi connectivity index (χ3n) is 3.60. The van der Waals surface area contributed by atoms with Gasteiger partial charge in [0.2, 0.25) is 0 Å². The molecule has 0 radical (unpaired) electrons. The topological polar surface area (TPSA) is 80.5 Å². The summed E-state index contributed by atoms with van der Waals surface area (Å²) in [6, 6.07) is 5.62. The van der Waals surface area contributed by atoms with Gasteiger partial charge in [-0.1, -0.05) is 18.1 Å². The fourth-order valence-electron chi connectivity index (χ4n) is 2.36. The van der Waals surface area contributed by atoms with Crippen molar-refractivity contribution in [3.05, 3.63) is 45.4 Å². The van der Waals surface area contributed by atoms with E-state index >= 15 is 0 Å². The third-order valence-corrected chi connectivity index (χ3v) is 5.20. The number of hydrogen-bond acceptors (Lipinski definition) is 4. The second-order valence-electron chi connectivity index (χ2n) is 5.13. The second kappa shape index (κ2) is 6.26. The molecule has 1 aromatic rings. The van der Waals surface area contributed by atoms with Gasteiger partial charge in [0.25, 0.3) is 15.7 Å². The quantitative estimate of drug-likeness (QED) is 0.631. The number of allylic oxidation sites excluding steroid dienone is 1. The molecule has 21 heavy (non-hydrogen) atoms. The molecule has 0 saturated heterocycles. The molecule has 0 aromatic heterocycles. The zero-order valence-corrected chi connectivity index (χ0v) is 12.7. The van der Waals surface area contributed by atoms with E-state index in [-0.39, 0.29) is 11.4 Å². The monoisotopic (exact) mass is 310 g/mol. The zero-order valence-electron chi connectivity index (χ0n) is 11.9. The van der Waals surface area contributed by atoms with Crippen LogP contribution in [0.1, 0.15) is 32.1 Å². The zero-order chi connectivity index (χ0) is 15.5. The van der Waals surface area contributed by atoms with E-state index in [0.29, 0.717) is 0 Å². The summed E-state index contributed by atoms with van der Waals surface area (Å²) in [5, 5.41) is 12.1. The molecule has 0 amide bonds. The molecule has 0 atom stereocenters. The third kappa shape index (κ3) is 3.81. The van der Waals surface area contributed by atoms with Gasteiger partial charge in [-0.2, -0.15) is 0 Å². The van der Waals surface area contributed by atoms with E-state index in [9.17, 15) is 18.5 Å². The number of nitro groups is 1. The lowest BCUT2D eigenvalue weighted by Gasteiger charge is -2.19. The van der Waals surface area contributed by atoms with Gasteiger partial charge in [0.05, 0.1) is 16.0 Å². The van der Waals surface area contributed by atoms with Crippen molar-refractivity contribution in [3.8, 4) is 0 Å². The van der Waals surface area contributed by atoms with E-state index in [0.717, 1.165) is 42.0 Å². The average molecular weight is 310 g/mol. The molecule has 1 saturated carbocycles. The van der Waals surface area contributed by atoms with Crippen LogP contribution in [0.5, 0.6) is 0 Å². The van der Waals surface area contributed by atoms with Crippen molar-refractivity contribution in [3.63, 3.8) is 0 Å². The standard InChI is InChI=1S/C14H18N2O4S/c1-15(13-8-5-9-14(10-13)16(17)18)21(19,20)11-12-6-3-2-4-7-12/h5,8-11H,2-4,6-7H2,1H3. The van der Waals surface area contributed by atoms with Crippen LogP contribution in [-0.2, 0) is 10.0 Å². The Balaban J connectivity index is 2.27. The predicted molar refractivity (Wildman–Crippen MR) is 81.6 cm³/mol. The highest BCUT2D eigenvalue weighted by Crippen LogP contribution is 2.27. The first-order valence-electron chi connectivity index (χ1n) is 6.83. The minimum Gasteiger partial charge on any atom is -0.270 e. The Hall–Kier alpha value is -1.89. The first-order chi connectivity index (χ1) is 9.90. The van der Waals surface area contributed by atoms with Gasteiger partial charge in [-0.05, 0) is 31.7 Å². The number of benzene rings is 1. The van der Waals surface area contributed by atoms with Crippen LogP contribution >= 0.6 is 0 Å². The van der Waals surface area contributed by atoms with Gasteiger partial charge in [0.1, 0.15) is 0 Å². The summed E-state index contributed by atoms with van der Waals surface area (Å²) in [4.78, 5) is 10.2. The predicted octanol–water partition coefficient (Wildman–Crippen LogP) is 3.21. The molecule has 1 aromatic carbocycles. The van der Waals surface area contributed by atoms with Gasteiger partial charge in [-0.3, -0.25) is 14.4 Å². The maximum absolute atomic E-state index is 12.4. The lowest BCUT2D eigenvalue weighted by Crippen LogP contribution is -2.24. The van der Waals surface area contributed by atoms with Crippen molar-refractivity contribution in [2.45, 2.75) is 32.1 Å². The summed E-state index contributed by atoms with van der Waals surface area (Å²) in [5.41, 5.74) is 1.09. The number of rotatable bonds is 4. The molecule has 0 unspecified atom stereocenters. The molecule has 1 fully saturated rings. The van der Waals surface area contributed by atoms with E-state index < -0.39 is 14.9 Å².